The third-order valence-electron chi connectivity index (χ3n) is 0. The van der Waals surface area contributed by atoms with Crippen molar-refractivity contribution in [2.45, 2.75) is 13.6 Å². The molecule has 0 unspecified atom stereocenters. The van der Waals surface area contributed by atoms with Crippen LogP contribution in [0.2, 0.25) is 0 Å². The van der Waals surface area contributed by atoms with Crippen LogP contribution in [0.5, 0.6) is 0 Å². The fourth-order valence-corrected chi connectivity index (χ4v) is 0. The molecule has 0 atom stereocenters. The first kappa shape index (κ1) is 9.89. The first-order chi connectivity index (χ1) is 3.15. The van der Waals surface area contributed by atoms with Crippen molar-refractivity contribution in [3.05, 3.63) is 0 Å². The van der Waals surface area contributed by atoms with Crippen LogP contribution in [0.25, 0.3) is 0 Å². The van der Waals surface area contributed by atoms with Gasteiger partial charge in [0.2, 0.25) is 0 Å². The van der Waals surface area contributed by atoms with E-state index in [9.17, 15) is 13.2 Å². The summed E-state index contributed by atoms with van der Waals surface area (Å²) in [5, 5.41) is 7.57. The van der Waals surface area contributed by atoms with Gasteiger partial charge in [-0.2, -0.15) is 13.2 Å². The van der Waals surface area contributed by atoms with Gasteiger partial charge in [-0.3, -0.25) is 0 Å². The average Bonchev–Trinajstić information content (AvgIpc) is 1.33. The molecule has 0 aliphatic rings. The van der Waals surface area contributed by atoms with Gasteiger partial charge in [0.1, 0.15) is 0 Å². The molecule has 0 bridgehead atoms. The lowest BCUT2D eigenvalue weighted by molar-refractivity contribution is 0.00819. The molecule has 0 heterocycles. The van der Waals surface area contributed by atoms with Crippen molar-refractivity contribution in [1.82, 2.24) is 0 Å². The van der Waals surface area contributed by atoms with Crippen molar-refractivity contribution in [2.75, 3.05) is 6.61 Å². The van der Waals surface area contributed by atoms with Gasteiger partial charge in [0.05, 0.1) is 0 Å². The quantitative estimate of drug-likeness (QED) is 0.503. The summed E-state index contributed by atoms with van der Waals surface area (Å²) < 4.78 is 29.0. The fraction of sp³-hybridized carbons (Fsp3) is 1.00. The van der Waals surface area contributed by atoms with Gasteiger partial charge in [0.25, 0.3) is 0 Å². The van der Waals surface area contributed by atoms with Crippen LogP contribution in [0.1, 0.15) is 6.92 Å². The van der Waals surface area contributed by atoms with Gasteiger partial charge in [-0.25, -0.2) is 0 Å². The highest BCUT2D eigenvalue weighted by molar-refractivity contribution is 3.84. The number of halogens is 3. The van der Waals surface area contributed by atoms with Crippen LogP contribution in [0, 0.1) is 0 Å². The summed E-state index contributed by atoms with van der Waals surface area (Å²) in [5.74, 6) is 0. The molecule has 1 nitrogen and oxygen atoms in total. The Bertz CT molecular complexity index is 21.4. The number of aliphatic hydroxyl groups is 1. The zero-order chi connectivity index (χ0) is 6.28. The Kier molecular flexibility index (Phi) is 13.0. The van der Waals surface area contributed by atoms with Crippen LogP contribution in [-0.4, -0.2) is 18.4 Å². The van der Waals surface area contributed by atoms with Crippen LogP contribution < -0.4 is 0 Å². The predicted octanol–water partition coefficient (Wildman–Crippen LogP) is 1.18. The molecule has 0 aromatic rings. The van der Waals surface area contributed by atoms with E-state index in [4.69, 9.17) is 5.11 Å². The van der Waals surface area contributed by atoms with Gasteiger partial charge < -0.3 is 5.11 Å². The normalized spacial score (nSPS) is 7.71. The summed E-state index contributed by atoms with van der Waals surface area (Å²) in [7, 11) is 0. The van der Waals surface area contributed by atoms with Crippen molar-refractivity contribution in [3.8, 4) is 0 Å². The average molecular weight is 116 g/mol. The number of rotatable bonds is 0. The van der Waals surface area contributed by atoms with Crippen molar-refractivity contribution >= 4 is 0 Å². The minimum Gasteiger partial charge on any atom is -0.397 e. The second-order valence-corrected chi connectivity index (χ2v) is 0.564. The number of alkyl halides is 3. The molecule has 0 saturated carbocycles. The number of hydrogen-bond acceptors (Lipinski definition) is 1. The van der Waals surface area contributed by atoms with Gasteiger partial charge in [-0.1, -0.05) is 0 Å². The van der Waals surface area contributed by atoms with Crippen LogP contribution in [0.4, 0.5) is 13.2 Å². The van der Waals surface area contributed by atoms with E-state index in [1.807, 2.05) is 0 Å². The summed E-state index contributed by atoms with van der Waals surface area (Å²) in [6.45, 7) is -1.74. The van der Waals surface area contributed by atoms with Crippen LogP contribution in [0.15, 0.2) is 0 Å². The van der Waals surface area contributed by atoms with E-state index in [0.29, 0.717) is 0 Å². The number of hydrogen-bond donors (Lipinski definition) is 1. The molecule has 46 valence electrons. The van der Waals surface area contributed by atoms with Crippen molar-refractivity contribution < 1.29 is 18.3 Å². The molecular weight excluding hydrogens is 109 g/mol. The highest BCUT2D eigenvalue weighted by Crippen LogP contribution is 1.87. The van der Waals surface area contributed by atoms with Gasteiger partial charge in [-0.15, -0.1) is 0 Å². The van der Waals surface area contributed by atoms with Crippen LogP contribution in [-0.2, 0) is 0 Å². The molecule has 0 spiro atoms. The molecule has 0 fully saturated rings. The molecular formula is C3H7F3O. The zero-order valence-electron chi connectivity index (χ0n) is 3.87. The Morgan fingerprint density at radius 3 is 1.43 bits per heavy atom. The molecule has 0 aliphatic heterocycles. The van der Waals surface area contributed by atoms with Gasteiger partial charge in [0, 0.05) is 6.61 Å². The Morgan fingerprint density at radius 2 is 1.43 bits per heavy atom. The zero-order valence-corrected chi connectivity index (χ0v) is 3.87. The Balaban J connectivity index is 0. The standard InChI is InChI=1S/C2H6O.CHF3/c1-2-3;2-1(3)4/h3H,2H2,1H3;1H. The monoisotopic (exact) mass is 116 g/mol. The SMILES string of the molecule is CCO.FC(F)F. The van der Waals surface area contributed by atoms with E-state index in [0.717, 1.165) is 0 Å². The molecule has 7 heavy (non-hydrogen) atoms. The molecule has 4 heteroatoms. The summed E-state index contributed by atoms with van der Waals surface area (Å²) in [6.07, 6.45) is 0. The highest BCUT2D eigenvalue weighted by atomic mass is 19.4. The molecule has 0 amide bonds. The summed E-state index contributed by atoms with van der Waals surface area (Å²) in [5.41, 5.74) is 0. The van der Waals surface area contributed by atoms with Crippen LogP contribution in [0.3, 0.4) is 0 Å². The number of aliphatic hydroxyl groups excluding tert-OH is 1. The third kappa shape index (κ3) is 1290. The van der Waals surface area contributed by atoms with Crippen molar-refractivity contribution in [3.63, 3.8) is 0 Å². The molecule has 0 rings (SSSR count). The van der Waals surface area contributed by atoms with Gasteiger partial charge in [-0.05, 0) is 6.92 Å². The predicted molar refractivity (Wildman–Crippen MR) is 19.9 cm³/mol. The van der Waals surface area contributed by atoms with Gasteiger partial charge >= 0.3 is 6.68 Å². The Labute approximate surface area is 39.8 Å². The second kappa shape index (κ2) is 9.23. The minimum absolute atomic E-state index is 0.250. The largest absolute Gasteiger partial charge is 0.397 e. The third-order valence-corrected chi connectivity index (χ3v) is 0. The maximum atomic E-state index is 9.67. The maximum absolute atomic E-state index is 9.67. The highest BCUT2D eigenvalue weighted by Gasteiger charge is 1.86. The lowest BCUT2D eigenvalue weighted by Gasteiger charge is -1.65. The Hall–Kier alpha value is -0.250. The first-order valence-corrected chi connectivity index (χ1v) is 1.68. The first-order valence-electron chi connectivity index (χ1n) is 1.68. The van der Waals surface area contributed by atoms with E-state index in [1.165, 1.54) is 0 Å². The van der Waals surface area contributed by atoms with E-state index in [1.54, 1.807) is 6.92 Å². The van der Waals surface area contributed by atoms with Gasteiger partial charge in [0.15, 0.2) is 0 Å². The van der Waals surface area contributed by atoms with E-state index >= 15 is 0 Å². The lowest BCUT2D eigenvalue weighted by Crippen LogP contribution is -1.65. The van der Waals surface area contributed by atoms with Crippen molar-refractivity contribution in [2.24, 2.45) is 0 Å². The fourth-order valence-electron chi connectivity index (χ4n) is 0. The maximum Gasteiger partial charge on any atom is 0.379 e. The smallest absolute Gasteiger partial charge is 0.379 e. The summed E-state index contributed by atoms with van der Waals surface area (Å²) >= 11 is 0. The molecule has 0 saturated heterocycles. The lowest BCUT2D eigenvalue weighted by atomic mass is 10.9. The molecule has 0 radical (unpaired) electrons. The molecule has 0 aromatic heterocycles. The topological polar surface area (TPSA) is 20.2 Å². The van der Waals surface area contributed by atoms with E-state index in [2.05, 4.69) is 0 Å². The summed E-state index contributed by atoms with van der Waals surface area (Å²) in [6, 6.07) is 0. The molecule has 1 N–H and O–H groups in total. The molecule has 0 aromatic carbocycles. The Morgan fingerprint density at radius 1 is 1.43 bits per heavy atom. The van der Waals surface area contributed by atoms with E-state index < -0.39 is 6.68 Å². The van der Waals surface area contributed by atoms with Crippen LogP contribution >= 0.6 is 0 Å². The van der Waals surface area contributed by atoms with Crippen molar-refractivity contribution in [1.29, 1.82) is 0 Å². The van der Waals surface area contributed by atoms with E-state index in [-0.39, 0.29) is 6.61 Å². The molecule has 0 aliphatic carbocycles. The minimum atomic E-state index is -3.67. The second-order valence-electron chi connectivity index (χ2n) is 0.564. The summed E-state index contributed by atoms with van der Waals surface area (Å²) in [4.78, 5) is 0.